The number of rotatable bonds is 6. The molecular formula is C22H25NO5S. The largest absolute Gasteiger partial charge is 0.481 e. The standard InChI is InChI=1S/C22H25NO5S/c1-13(2)28-22(27)18-17(14-8-4-3-5-9-14)12-29-20(18)23-19(24)15-10-6-7-11-16(15)21(25)26/h3-5,8-9,12-13,15-16H,6-7,10-11H2,1-2H3,(H,23,24)(H,25,26). The smallest absolute Gasteiger partial charge is 0.342 e. The van der Waals surface area contributed by atoms with Crippen molar-refractivity contribution in [1.29, 1.82) is 0 Å². The van der Waals surface area contributed by atoms with Crippen molar-refractivity contribution in [1.82, 2.24) is 0 Å². The molecule has 1 aromatic heterocycles. The molecule has 2 atom stereocenters. The van der Waals surface area contributed by atoms with Crippen molar-refractivity contribution in [2.45, 2.75) is 45.6 Å². The highest BCUT2D eigenvalue weighted by Gasteiger charge is 2.36. The second-order valence-electron chi connectivity index (χ2n) is 7.50. The van der Waals surface area contributed by atoms with E-state index >= 15 is 0 Å². The Labute approximate surface area is 173 Å². The van der Waals surface area contributed by atoms with E-state index in [-0.39, 0.29) is 12.0 Å². The molecule has 0 saturated heterocycles. The molecule has 1 aliphatic rings. The molecule has 3 rings (SSSR count). The summed E-state index contributed by atoms with van der Waals surface area (Å²) in [5.74, 6) is -3.09. The monoisotopic (exact) mass is 415 g/mol. The number of nitrogens with one attached hydrogen (secondary N) is 1. The van der Waals surface area contributed by atoms with Gasteiger partial charge in [0, 0.05) is 10.9 Å². The lowest BCUT2D eigenvalue weighted by molar-refractivity contribution is -0.147. The van der Waals surface area contributed by atoms with Gasteiger partial charge in [0.2, 0.25) is 5.91 Å². The van der Waals surface area contributed by atoms with Crippen LogP contribution in [0.15, 0.2) is 35.7 Å². The first-order chi connectivity index (χ1) is 13.9. The summed E-state index contributed by atoms with van der Waals surface area (Å²) in [7, 11) is 0. The van der Waals surface area contributed by atoms with Crippen LogP contribution in [0.3, 0.4) is 0 Å². The van der Waals surface area contributed by atoms with Gasteiger partial charge < -0.3 is 15.2 Å². The number of carbonyl (C=O) groups excluding carboxylic acids is 2. The minimum atomic E-state index is -0.944. The van der Waals surface area contributed by atoms with E-state index in [2.05, 4.69) is 5.32 Å². The molecule has 1 heterocycles. The lowest BCUT2D eigenvalue weighted by atomic mass is 9.79. The number of hydrogen-bond acceptors (Lipinski definition) is 5. The van der Waals surface area contributed by atoms with Crippen LogP contribution >= 0.6 is 11.3 Å². The van der Waals surface area contributed by atoms with Crippen molar-refractivity contribution in [3.63, 3.8) is 0 Å². The highest BCUT2D eigenvalue weighted by Crippen LogP contribution is 2.38. The molecule has 1 saturated carbocycles. The van der Waals surface area contributed by atoms with Gasteiger partial charge >= 0.3 is 11.9 Å². The molecule has 0 aliphatic heterocycles. The van der Waals surface area contributed by atoms with Gasteiger partial charge in [0.15, 0.2) is 0 Å². The fraction of sp³-hybridized carbons (Fsp3) is 0.409. The zero-order valence-corrected chi connectivity index (χ0v) is 17.3. The van der Waals surface area contributed by atoms with Gasteiger partial charge in [0.1, 0.15) is 10.6 Å². The molecule has 2 N–H and O–H groups in total. The zero-order chi connectivity index (χ0) is 21.0. The Balaban J connectivity index is 1.92. The number of carboxylic acid groups (broad SMARTS) is 1. The van der Waals surface area contributed by atoms with E-state index in [4.69, 9.17) is 4.74 Å². The lowest BCUT2D eigenvalue weighted by Crippen LogP contribution is -2.36. The van der Waals surface area contributed by atoms with Crippen LogP contribution in [0, 0.1) is 11.8 Å². The Morgan fingerprint density at radius 2 is 1.76 bits per heavy atom. The molecule has 7 heteroatoms. The van der Waals surface area contributed by atoms with Crippen molar-refractivity contribution in [3.05, 3.63) is 41.3 Å². The summed E-state index contributed by atoms with van der Waals surface area (Å²) in [6, 6.07) is 9.42. The molecule has 6 nitrogen and oxygen atoms in total. The molecule has 1 aliphatic carbocycles. The molecule has 29 heavy (non-hydrogen) atoms. The lowest BCUT2D eigenvalue weighted by Gasteiger charge is -2.27. The number of carboxylic acids is 1. The van der Waals surface area contributed by atoms with Gasteiger partial charge in [-0.1, -0.05) is 43.2 Å². The summed E-state index contributed by atoms with van der Waals surface area (Å²) in [6.07, 6.45) is 2.36. The number of benzene rings is 1. The van der Waals surface area contributed by atoms with E-state index in [1.807, 2.05) is 35.7 Å². The van der Waals surface area contributed by atoms with Crippen LogP contribution in [0.1, 0.15) is 49.9 Å². The second-order valence-corrected chi connectivity index (χ2v) is 8.38. The fourth-order valence-electron chi connectivity index (χ4n) is 3.70. The van der Waals surface area contributed by atoms with Crippen LogP contribution in [0.5, 0.6) is 0 Å². The van der Waals surface area contributed by atoms with E-state index < -0.39 is 23.8 Å². The van der Waals surface area contributed by atoms with E-state index in [0.29, 0.717) is 29.0 Å². The molecule has 0 spiro atoms. The summed E-state index contributed by atoms with van der Waals surface area (Å²) >= 11 is 1.25. The third-order valence-electron chi connectivity index (χ3n) is 5.08. The summed E-state index contributed by atoms with van der Waals surface area (Å²) < 4.78 is 5.41. The normalized spacial score (nSPS) is 19.0. The van der Waals surface area contributed by atoms with Crippen LogP contribution in [0.4, 0.5) is 5.00 Å². The van der Waals surface area contributed by atoms with Crippen LogP contribution in [-0.2, 0) is 14.3 Å². The Hall–Kier alpha value is -2.67. The number of aliphatic carboxylic acids is 1. The van der Waals surface area contributed by atoms with E-state index in [0.717, 1.165) is 18.4 Å². The predicted molar refractivity (Wildman–Crippen MR) is 112 cm³/mol. The highest BCUT2D eigenvalue weighted by molar-refractivity contribution is 7.15. The van der Waals surface area contributed by atoms with Crippen molar-refractivity contribution in [3.8, 4) is 11.1 Å². The number of hydrogen-bond donors (Lipinski definition) is 2. The maximum atomic E-state index is 12.9. The van der Waals surface area contributed by atoms with Crippen LogP contribution in [-0.4, -0.2) is 29.1 Å². The molecule has 1 amide bonds. The summed E-state index contributed by atoms with van der Waals surface area (Å²) in [4.78, 5) is 37.3. The predicted octanol–water partition coefficient (Wildman–Crippen LogP) is 4.81. The Kier molecular flexibility index (Phi) is 6.69. The number of ether oxygens (including phenoxy) is 1. The maximum Gasteiger partial charge on any atom is 0.342 e. The van der Waals surface area contributed by atoms with Crippen molar-refractivity contribution >= 4 is 34.2 Å². The number of esters is 1. The number of thiophene rings is 1. The van der Waals surface area contributed by atoms with Gasteiger partial charge in [-0.15, -0.1) is 11.3 Å². The van der Waals surface area contributed by atoms with E-state index in [1.165, 1.54) is 11.3 Å². The first-order valence-corrected chi connectivity index (χ1v) is 10.7. The van der Waals surface area contributed by atoms with Crippen LogP contribution in [0.25, 0.3) is 11.1 Å². The Morgan fingerprint density at radius 3 is 2.38 bits per heavy atom. The summed E-state index contributed by atoms with van der Waals surface area (Å²) in [5.41, 5.74) is 1.85. The Bertz CT molecular complexity index is 890. The molecule has 154 valence electrons. The number of amides is 1. The summed E-state index contributed by atoms with van der Waals surface area (Å²) in [5, 5.41) is 14.5. The van der Waals surface area contributed by atoms with E-state index in [1.54, 1.807) is 13.8 Å². The van der Waals surface area contributed by atoms with Gasteiger partial charge in [-0.3, -0.25) is 9.59 Å². The SMILES string of the molecule is CC(C)OC(=O)c1c(-c2ccccc2)csc1NC(=O)C1CCCCC1C(=O)O. The third kappa shape index (κ3) is 4.85. The first kappa shape index (κ1) is 21.0. The molecule has 0 bridgehead atoms. The van der Waals surface area contributed by atoms with Gasteiger partial charge in [-0.2, -0.15) is 0 Å². The van der Waals surface area contributed by atoms with E-state index in [9.17, 15) is 19.5 Å². The molecule has 0 radical (unpaired) electrons. The van der Waals surface area contributed by atoms with Crippen LogP contribution in [0.2, 0.25) is 0 Å². The molecule has 2 unspecified atom stereocenters. The zero-order valence-electron chi connectivity index (χ0n) is 16.5. The minimum Gasteiger partial charge on any atom is -0.481 e. The maximum absolute atomic E-state index is 12.9. The van der Waals surface area contributed by atoms with Gasteiger partial charge in [-0.25, -0.2) is 4.79 Å². The summed E-state index contributed by atoms with van der Waals surface area (Å²) in [6.45, 7) is 3.54. The van der Waals surface area contributed by atoms with Crippen LogP contribution < -0.4 is 5.32 Å². The molecule has 1 aromatic carbocycles. The average Bonchev–Trinajstić information content (AvgIpc) is 3.11. The quantitative estimate of drug-likeness (QED) is 0.661. The molecule has 1 fully saturated rings. The van der Waals surface area contributed by atoms with Crippen molar-refractivity contribution in [2.75, 3.05) is 5.32 Å². The topological polar surface area (TPSA) is 92.7 Å². The number of anilines is 1. The van der Waals surface area contributed by atoms with Gasteiger partial charge in [0.25, 0.3) is 0 Å². The average molecular weight is 416 g/mol. The van der Waals surface area contributed by atoms with Crippen molar-refractivity contribution < 1.29 is 24.2 Å². The minimum absolute atomic E-state index is 0.302. The molecular weight excluding hydrogens is 390 g/mol. The molecule has 2 aromatic rings. The first-order valence-electron chi connectivity index (χ1n) is 9.80. The second kappa shape index (κ2) is 9.22. The fourth-order valence-corrected chi connectivity index (χ4v) is 4.66. The third-order valence-corrected chi connectivity index (χ3v) is 5.97. The Morgan fingerprint density at radius 1 is 1.10 bits per heavy atom. The van der Waals surface area contributed by atoms with Gasteiger partial charge in [-0.05, 0) is 32.3 Å². The number of carbonyl (C=O) groups is 3. The van der Waals surface area contributed by atoms with Crippen molar-refractivity contribution in [2.24, 2.45) is 11.8 Å². The van der Waals surface area contributed by atoms with Gasteiger partial charge in [0.05, 0.1) is 17.9 Å². The highest BCUT2D eigenvalue weighted by atomic mass is 32.1.